The summed E-state index contributed by atoms with van der Waals surface area (Å²) in [6.07, 6.45) is 0. The SMILES string of the molecule is COc1ccc2nc(C(=O)Oc3cccc(C)c3C)ccc2c1. The summed E-state index contributed by atoms with van der Waals surface area (Å²) in [7, 11) is 1.62. The molecule has 0 radical (unpaired) electrons. The fraction of sp³-hybridized carbons (Fsp3) is 0.158. The van der Waals surface area contributed by atoms with E-state index < -0.39 is 5.97 Å². The normalized spacial score (nSPS) is 10.6. The first-order chi connectivity index (χ1) is 11.1. The van der Waals surface area contributed by atoms with Gasteiger partial charge in [0.2, 0.25) is 0 Å². The summed E-state index contributed by atoms with van der Waals surface area (Å²) >= 11 is 0. The minimum absolute atomic E-state index is 0.281. The molecule has 2 aromatic carbocycles. The number of aromatic nitrogens is 1. The van der Waals surface area contributed by atoms with Crippen molar-refractivity contribution >= 4 is 16.9 Å². The van der Waals surface area contributed by atoms with E-state index in [-0.39, 0.29) is 5.69 Å². The molecule has 1 aromatic heterocycles. The summed E-state index contributed by atoms with van der Waals surface area (Å²) in [6, 6.07) is 14.6. The Balaban J connectivity index is 1.90. The van der Waals surface area contributed by atoms with Crippen LogP contribution in [0.3, 0.4) is 0 Å². The van der Waals surface area contributed by atoms with Crippen molar-refractivity contribution in [3.8, 4) is 11.5 Å². The Hall–Kier alpha value is -2.88. The highest BCUT2D eigenvalue weighted by Gasteiger charge is 2.13. The standard InChI is InChI=1S/C19H17NO3/c1-12-5-4-6-18(13(12)2)23-19(21)17-9-7-14-11-15(22-3)8-10-16(14)20-17/h4-11H,1-3H3. The van der Waals surface area contributed by atoms with Crippen LogP contribution < -0.4 is 9.47 Å². The number of ether oxygens (including phenoxy) is 2. The van der Waals surface area contributed by atoms with E-state index in [1.54, 1.807) is 19.2 Å². The van der Waals surface area contributed by atoms with Crippen LogP contribution in [0.1, 0.15) is 21.6 Å². The number of hydrogen-bond donors (Lipinski definition) is 0. The predicted octanol–water partition coefficient (Wildman–Crippen LogP) is 4.08. The molecular weight excluding hydrogens is 290 g/mol. The number of nitrogens with zero attached hydrogens (tertiary/aromatic N) is 1. The van der Waals surface area contributed by atoms with Gasteiger partial charge in [0, 0.05) is 5.39 Å². The second-order valence-electron chi connectivity index (χ2n) is 5.34. The molecule has 116 valence electrons. The Labute approximate surface area is 134 Å². The summed E-state index contributed by atoms with van der Waals surface area (Å²) in [4.78, 5) is 16.7. The van der Waals surface area contributed by atoms with Crippen molar-refractivity contribution in [2.75, 3.05) is 7.11 Å². The highest BCUT2D eigenvalue weighted by molar-refractivity contribution is 5.92. The lowest BCUT2D eigenvalue weighted by molar-refractivity contribution is 0.0728. The third-order valence-corrected chi connectivity index (χ3v) is 3.86. The molecule has 0 amide bonds. The maximum absolute atomic E-state index is 12.3. The molecule has 0 atom stereocenters. The van der Waals surface area contributed by atoms with Gasteiger partial charge in [0.15, 0.2) is 0 Å². The maximum atomic E-state index is 12.3. The van der Waals surface area contributed by atoms with Gasteiger partial charge in [0.05, 0.1) is 12.6 Å². The summed E-state index contributed by atoms with van der Waals surface area (Å²) in [5, 5.41) is 0.910. The lowest BCUT2D eigenvalue weighted by Crippen LogP contribution is -2.11. The van der Waals surface area contributed by atoms with Crippen LogP contribution in [-0.2, 0) is 0 Å². The Morgan fingerprint density at radius 2 is 1.87 bits per heavy atom. The quantitative estimate of drug-likeness (QED) is 0.540. The first-order valence-electron chi connectivity index (χ1n) is 7.31. The lowest BCUT2D eigenvalue weighted by Gasteiger charge is -2.09. The molecule has 0 aliphatic heterocycles. The monoisotopic (exact) mass is 307 g/mol. The minimum Gasteiger partial charge on any atom is -0.497 e. The van der Waals surface area contributed by atoms with Gasteiger partial charge in [-0.2, -0.15) is 0 Å². The third-order valence-electron chi connectivity index (χ3n) is 3.86. The molecule has 0 aliphatic rings. The number of carbonyl (C=O) groups excluding carboxylic acids is 1. The van der Waals surface area contributed by atoms with E-state index in [0.717, 1.165) is 27.8 Å². The van der Waals surface area contributed by atoms with E-state index in [1.165, 1.54) is 0 Å². The van der Waals surface area contributed by atoms with Crippen molar-refractivity contribution in [1.82, 2.24) is 4.98 Å². The Morgan fingerprint density at radius 3 is 2.65 bits per heavy atom. The first kappa shape index (κ1) is 15.0. The highest BCUT2D eigenvalue weighted by atomic mass is 16.5. The molecule has 0 saturated heterocycles. The zero-order chi connectivity index (χ0) is 16.4. The van der Waals surface area contributed by atoms with Crippen molar-refractivity contribution in [1.29, 1.82) is 0 Å². The molecule has 4 heteroatoms. The van der Waals surface area contributed by atoms with E-state index in [1.807, 2.05) is 50.2 Å². The summed E-state index contributed by atoms with van der Waals surface area (Å²) in [5.74, 6) is 0.855. The predicted molar refractivity (Wildman–Crippen MR) is 89.2 cm³/mol. The van der Waals surface area contributed by atoms with Gasteiger partial charge in [-0.1, -0.05) is 18.2 Å². The molecule has 23 heavy (non-hydrogen) atoms. The Kier molecular flexibility index (Phi) is 3.98. The summed E-state index contributed by atoms with van der Waals surface area (Å²) < 4.78 is 10.7. The molecule has 3 aromatic rings. The van der Waals surface area contributed by atoms with E-state index in [9.17, 15) is 4.79 Å². The van der Waals surface area contributed by atoms with Crippen LogP contribution in [0.15, 0.2) is 48.5 Å². The molecule has 0 spiro atoms. The number of esters is 1. The van der Waals surface area contributed by atoms with Gasteiger partial charge < -0.3 is 9.47 Å². The minimum atomic E-state index is -0.462. The molecule has 0 N–H and O–H groups in total. The van der Waals surface area contributed by atoms with Crippen LogP contribution >= 0.6 is 0 Å². The molecule has 3 rings (SSSR count). The van der Waals surface area contributed by atoms with E-state index in [2.05, 4.69) is 4.98 Å². The number of benzene rings is 2. The molecule has 0 bridgehead atoms. The average molecular weight is 307 g/mol. The first-order valence-corrected chi connectivity index (χ1v) is 7.31. The van der Waals surface area contributed by atoms with Crippen LogP contribution in [-0.4, -0.2) is 18.1 Å². The molecule has 0 fully saturated rings. The fourth-order valence-corrected chi connectivity index (χ4v) is 2.33. The summed E-state index contributed by atoms with van der Waals surface area (Å²) in [5.41, 5.74) is 3.03. The van der Waals surface area contributed by atoms with Crippen molar-refractivity contribution in [2.45, 2.75) is 13.8 Å². The van der Waals surface area contributed by atoms with Crippen molar-refractivity contribution < 1.29 is 14.3 Å². The fourth-order valence-electron chi connectivity index (χ4n) is 2.33. The molecular formula is C19H17NO3. The highest BCUT2D eigenvalue weighted by Crippen LogP contribution is 2.23. The molecule has 1 heterocycles. The molecule has 0 unspecified atom stereocenters. The van der Waals surface area contributed by atoms with E-state index in [0.29, 0.717) is 5.75 Å². The zero-order valence-electron chi connectivity index (χ0n) is 13.3. The second kappa shape index (κ2) is 6.08. The number of fused-ring (bicyclic) bond motifs is 1. The lowest BCUT2D eigenvalue weighted by atomic mass is 10.1. The van der Waals surface area contributed by atoms with Crippen LogP contribution in [0.4, 0.5) is 0 Å². The van der Waals surface area contributed by atoms with Crippen LogP contribution in [0.5, 0.6) is 11.5 Å². The average Bonchev–Trinajstić information content (AvgIpc) is 2.58. The van der Waals surface area contributed by atoms with Gasteiger partial charge >= 0.3 is 5.97 Å². The zero-order valence-corrected chi connectivity index (χ0v) is 13.3. The van der Waals surface area contributed by atoms with Gasteiger partial charge in [-0.15, -0.1) is 0 Å². The van der Waals surface area contributed by atoms with Crippen molar-refractivity contribution in [3.05, 3.63) is 65.4 Å². The molecule has 4 nitrogen and oxygen atoms in total. The van der Waals surface area contributed by atoms with Gasteiger partial charge in [-0.25, -0.2) is 9.78 Å². The third kappa shape index (κ3) is 3.01. The Morgan fingerprint density at radius 1 is 1.04 bits per heavy atom. The number of pyridine rings is 1. The van der Waals surface area contributed by atoms with Crippen LogP contribution in [0.25, 0.3) is 10.9 Å². The number of methoxy groups -OCH3 is 1. The van der Waals surface area contributed by atoms with E-state index in [4.69, 9.17) is 9.47 Å². The number of carbonyl (C=O) groups is 1. The Bertz CT molecular complexity index is 887. The number of hydrogen-bond acceptors (Lipinski definition) is 4. The largest absolute Gasteiger partial charge is 0.497 e. The molecule has 0 aliphatic carbocycles. The van der Waals surface area contributed by atoms with Crippen LogP contribution in [0.2, 0.25) is 0 Å². The summed E-state index contributed by atoms with van der Waals surface area (Å²) in [6.45, 7) is 3.91. The van der Waals surface area contributed by atoms with Gasteiger partial charge in [0.25, 0.3) is 0 Å². The topological polar surface area (TPSA) is 48.4 Å². The number of aryl methyl sites for hydroxylation is 1. The van der Waals surface area contributed by atoms with Crippen molar-refractivity contribution in [3.63, 3.8) is 0 Å². The van der Waals surface area contributed by atoms with Gasteiger partial charge in [-0.05, 0) is 55.3 Å². The van der Waals surface area contributed by atoms with Crippen molar-refractivity contribution in [2.24, 2.45) is 0 Å². The maximum Gasteiger partial charge on any atom is 0.362 e. The number of rotatable bonds is 3. The smallest absolute Gasteiger partial charge is 0.362 e. The van der Waals surface area contributed by atoms with Gasteiger partial charge in [-0.3, -0.25) is 0 Å². The van der Waals surface area contributed by atoms with E-state index >= 15 is 0 Å². The second-order valence-corrected chi connectivity index (χ2v) is 5.34. The molecule has 0 saturated carbocycles. The van der Waals surface area contributed by atoms with Crippen LogP contribution in [0, 0.1) is 13.8 Å². The van der Waals surface area contributed by atoms with Gasteiger partial charge in [0.1, 0.15) is 17.2 Å².